The van der Waals surface area contributed by atoms with Crippen LogP contribution in [0.3, 0.4) is 0 Å². The Bertz CT molecular complexity index is 1290. The predicted molar refractivity (Wildman–Crippen MR) is 241 cm³/mol. The average molecular weight is 767 g/mol. The Balaban J connectivity index is 0.000000141. The van der Waals surface area contributed by atoms with Crippen molar-refractivity contribution in [2.24, 2.45) is 43.3 Å². The first kappa shape index (κ1) is 45.9. The summed E-state index contributed by atoms with van der Waals surface area (Å²) in [6.07, 6.45) is 16.0. The van der Waals surface area contributed by atoms with Gasteiger partial charge in [-0.25, -0.2) is 0 Å². The number of likely N-dealkylation sites (tertiary alicyclic amines) is 4. The molecular weight excluding hydrogens is 669 g/mol. The fraction of sp³-hybridized carbons (Fsp3) is 1.00. The second-order valence-electron chi connectivity index (χ2n) is 28.8. The molecule has 0 aromatic rings. The Morgan fingerprint density at radius 1 is 0.291 bits per heavy atom. The van der Waals surface area contributed by atoms with Crippen LogP contribution in [0.5, 0.6) is 0 Å². The lowest BCUT2D eigenvalue weighted by molar-refractivity contribution is -0.187. The van der Waals surface area contributed by atoms with Crippen LogP contribution in [0.1, 0.15) is 209 Å². The van der Waals surface area contributed by atoms with Crippen molar-refractivity contribution in [1.29, 1.82) is 0 Å². The zero-order valence-electron chi connectivity index (χ0n) is 41.2. The van der Waals surface area contributed by atoms with Crippen LogP contribution in [-0.2, 0) is 0 Å². The third-order valence-electron chi connectivity index (χ3n) is 17.2. The predicted octanol–water partition coefficient (Wildman–Crippen LogP) is 12.8. The lowest BCUT2D eigenvalue weighted by Gasteiger charge is -2.68. The topological polar surface area (TPSA) is 13.0 Å². The molecule has 4 saturated heterocycles. The molecule has 0 N–H and O–H groups in total. The highest BCUT2D eigenvalue weighted by atomic mass is 15.3. The van der Waals surface area contributed by atoms with Crippen LogP contribution in [0.25, 0.3) is 0 Å². The maximum Gasteiger partial charge on any atom is 0.0125 e. The van der Waals surface area contributed by atoms with Crippen molar-refractivity contribution < 1.29 is 0 Å². The summed E-state index contributed by atoms with van der Waals surface area (Å²) in [5, 5.41) is 0. The van der Waals surface area contributed by atoms with Gasteiger partial charge < -0.3 is 0 Å². The zero-order valence-corrected chi connectivity index (χ0v) is 41.2. The number of hydrogen-bond donors (Lipinski definition) is 0. The van der Waals surface area contributed by atoms with Crippen LogP contribution in [0, 0.1) is 43.3 Å². The standard InChI is InChI=1S/C14H27N.C13H25N.2C12H23N/c1-12(2,3)15-10-14(11-15)8-6-13(4,5)7-9-14;1-11(2,3)14-9-13(10-14)7-6-12(4,5)8-13;1-10(2,3)13-8-12(9-13)6-11(4,5)7-12;1-10(2,3)13-8-12(9-13)7-6-11(12,4)5/h6-11H2,1-5H3;6-10H2,1-5H3;2*6-9H2,1-5H3. The molecular formula is C51H98N4. The van der Waals surface area contributed by atoms with E-state index in [4.69, 9.17) is 0 Å². The highest BCUT2D eigenvalue weighted by molar-refractivity contribution is 5.13. The Labute approximate surface area is 345 Å². The van der Waals surface area contributed by atoms with Crippen molar-refractivity contribution >= 4 is 0 Å². The van der Waals surface area contributed by atoms with Crippen LogP contribution in [0.15, 0.2) is 0 Å². The van der Waals surface area contributed by atoms with E-state index in [2.05, 4.69) is 158 Å². The molecule has 8 aliphatic rings. The lowest BCUT2D eigenvalue weighted by atomic mass is 9.47. The number of hydrogen-bond acceptors (Lipinski definition) is 4. The summed E-state index contributed by atoms with van der Waals surface area (Å²) in [5.74, 6) is 0. The molecule has 4 spiro atoms. The van der Waals surface area contributed by atoms with E-state index in [1.807, 2.05) is 0 Å². The quantitative estimate of drug-likeness (QED) is 0.243. The van der Waals surface area contributed by atoms with Gasteiger partial charge in [0.25, 0.3) is 0 Å². The fourth-order valence-corrected chi connectivity index (χ4v) is 12.5. The van der Waals surface area contributed by atoms with Crippen LogP contribution in [0.2, 0.25) is 0 Å². The second kappa shape index (κ2) is 14.2. The molecule has 0 amide bonds. The molecule has 322 valence electrons. The Kier molecular flexibility index (Phi) is 11.9. The van der Waals surface area contributed by atoms with Crippen molar-refractivity contribution in [3.63, 3.8) is 0 Å². The fourth-order valence-electron chi connectivity index (χ4n) is 12.5. The van der Waals surface area contributed by atoms with Crippen LogP contribution >= 0.6 is 0 Å². The summed E-state index contributed by atoms with van der Waals surface area (Å²) in [7, 11) is 0. The first-order chi connectivity index (χ1) is 24.4. The minimum atomic E-state index is 0.386. The summed E-state index contributed by atoms with van der Waals surface area (Å²) in [6.45, 7) is 58.1. The molecule has 55 heavy (non-hydrogen) atoms. The molecule has 0 unspecified atom stereocenters. The van der Waals surface area contributed by atoms with E-state index in [0.717, 1.165) is 5.41 Å². The van der Waals surface area contributed by atoms with Crippen LogP contribution in [0.4, 0.5) is 0 Å². The molecule has 0 bridgehead atoms. The van der Waals surface area contributed by atoms with Crippen molar-refractivity contribution in [3.05, 3.63) is 0 Å². The molecule has 0 aromatic heterocycles. The monoisotopic (exact) mass is 767 g/mol. The van der Waals surface area contributed by atoms with Gasteiger partial charge in [0.05, 0.1) is 0 Å². The van der Waals surface area contributed by atoms with Gasteiger partial charge in [0.2, 0.25) is 0 Å². The van der Waals surface area contributed by atoms with Gasteiger partial charge in [-0.3, -0.25) is 19.6 Å². The molecule has 8 rings (SSSR count). The molecule has 4 saturated carbocycles. The minimum Gasteiger partial charge on any atom is -0.297 e. The normalized spacial score (nSPS) is 30.8. The van der Waals surface area contributed by atoms with Gasteiger partial charge in [0, 0.05) is 79.9 Å². The van der Waals surface area contributed by atoms with Gasteiger partial charge in [-0.05, 0) is 192 Å². The molecule has 0 aromatic carbocycles. The Hall–Kier alpha value is -0.160. The molecule has 4 nitrogen and oxygen atoms in total. The zero-order chi connectivity index (χ0) is 41.7. The van der Waals surface area contributed by atoms with Gasteiger partial charge in [0.1, 0.15) is 0 Å². The van der Waals surface area contributed by atoms with Gasteiger partial charge in [-0.2, -0.15) is 0 Å². The summed E-state index contributed by atoms with van der Waals surface area (Å²) >= 11 is 0. The first-order valence-electron chi connectivity index (χ1n) is 23.5. The second-order valence-corrected chi connectivity index (χ2v) is 28.8. The van der Waals surface area contributed by atoms with Crippen molar-refractivity contribution in [2.75, 3.05) is 52.4 Å². The third kappa shape index (κ3) is 10.2. The largest absolute Gasteiger partial charge is 0.297 e. The Morgan fingerprint density at radius 2 is 0.600 bits per heavy atom. The summed E-state index contributed by atoms with van der Waals surface area (Å²) in [6, 6.07) is 0. The lowest BCUT2D eigenvalue weighted by Crippen LogP contribution is -2.71. The summed E-state index contributed by atoms with van der Waals surface area (Å²) in [4.78, 5) is 10.5. The molecule has 8 fully saturated rings. The van der Waals surface area contributed by atoms with E-state index in [0.29, 0.717) is 60.1 Å². The minimum absolute atomic E-state index is 0.386. The molecule has 4 heterocycles. The van der Waals surface area contributed by atoms with Gasteiger partial charge >= 0.3 is 0 Å². The van der Waals surface area contributed by atoms with E-state index in [-0.39, 0.29) is 0 Å². The number of nitrogens with zero attached hydrogens (tertiary/aromatic N) is 4. The Morgan fingerprint density at radius 3 is 0.891 bits per heavy atom. The van der Waals surface area contributed by atoms with Crippen LogP contribution in [-0.4, -0.2) is 94.1 Å². The molecule has 4 aliphatic carbocycles. The highest BCUT2D eigenvalue weighted by Gasteiger charge is 2.61. The highest BCUT2D eigenvalue weighted by Crippen LogP contribution is 2.62. The maximum atomic E-state index is 2.64. The van der Waals surface area contributed by atoms with E-state index < -0.39 is 0 Å². The van der Waals surface area contributed by atoms with E-state index in [9.17, 15) is 0 Å². The molecule has 0 atom stereocenters. The number of rotatable bonds is 0. The first-order valence-corrected chi connectivity index (χ1v) is 23.5. The van der Waals surface area contributed by atoms with Gasteiger partial charge in [0.15, 0.2) is 0 Å². The smallest absolute Gasteiger partial charge is 0.0125 e. The average Bonchev–Trinajstić information content (AvgIpc) is 3.21. The van der Waals surface area contributed by atoms with Crippen molar-refractivity contribution in [1.82, 2.24) is 19.6 Å². The van der Waals surface area contributed by atoms with Gasteiger partial charge in [-0.15, -0.1) is 0 Å². The third-order valence-corrected chi connectivity index (χ3v) is 17.2. The molecule has 4 aliphatic heterocycles. The van der Waals surface area contributed by atoms with E-state index in [1.165, 1.54) is 123 Å². The maximum absolute atomic E-state index is 2.64. The van der Waals surface area contributed by atoms with Crippen molar-refractivity contribution in [3.8, 4) is 0 Å². The summed E-state index contributed by atoms with van der Waals surface area (Å²) < 4.78 is 0. The van der Waals surface area contributed by atoms with E-state index >= 15 is 0 Å². The van der Waals surface area contributed by atoms with Gasteiger partial charge in [-0.1, -0.05) is 55.4 Å². The van der Waals surface area contributed by atoms with Crippen LogP contribution < -0.4 is 0 Å². The SMILES string of the molecule is CC(C)(C)N1CC2(CCC2(C)C)C1.CC1(C)CC2(CN(C(C)(C)C)C2)C1.CC1(C)CCC2(CC1)CN(C(C)(C)C)C2.CC1(C)CCC2(CN(C(C)(C)C)C2)C1. The molecule has 0 radical (unpaired) electrons. The van der Waals surface area contributed by atoms with E-state index in [1.54, 1.807) is 0 Å². The van der Waals surface area contributed by atoms with Crippen molar-refractivity contribution in [2.45, 2.75) is 231 Å². The molecule has 4 heteroatoms. The summed E-state index contributed by atoms with van der Waals surface area (Å²) in [5.41, 5.74) is 6.89.